The van der Waals surface area contributed by atoms with Crippen molar-refractivity contribution in [2.24, 2.45) is 0 Å². The van der Waals surface area contributed by atoms with Crippen LogP contribution in [0.15, 0.2) is 24.3 Å². The first-order chi connectivity index (χ1) is 10.0. The molecule has 0 spiro atoms. The molecule has 0 unspecified atom stereocenters. The van der Waals surface area contributed by atoms with E-state index in [2.05, 4.69) is 0 Å². The van der Waals surface area contributed by atoms with Crippen molar-refractivity contribution in [1.82, 2.24) is 4.90 Å². The van der Waals surface area contributed by atoms with Crippen molar-refractivity contribution in [2.45, 2.75) is 13.0 Å². The zero-order valence-electron chi connectivity index (χ0n) is 11.7. The minimum atomic E-state index is -1.09. The molecule has 0 bridgehead atoms. The second kappa shape index (κ2) is 6.78. The third-order valence-electron chi connectivity index (χ3n) is 3.34. The number of hydrogen-bond acceptors (Lipinski definition) is 3. The second-order valence-corrected chi connectivity index (χ2v) is 5.12. The summed E-state index contributed by atoms with van der Waals surface area (Å²) in [5, 5.41) is 9.61. The van der Waals surface area contributed by atoms with Crippen LogP contribution in [-0.2, 0) is 9.53 Å². The van der Waals surface area contributed by atoms with Gasteiger partial charge in [0.1, 0.15) is 6.04 Å². The number of aliphatic carboxylic acids is 1. The van der Waals surface area contributed by atoms with Gasteiger partial charge in [-0.05, 0) is 19.1 Å². The summed E-state index contributed by atoms with van der Waals surface area (Å²) >= 11 is 6.12. The Kier molecular flexibility index (Phi) is 5.03. The van der Waals surface area contributed by atoms with Crippen molar-refractivity contribution in [1.29, 1.82) is 0 Å². The number of amides is 2. The van der Waals surface area contributed by atoms with Crippen molar-refractivity contribution in [2.75, 3.05) is 31.2 Å². The summed E-state index contributed by atoms with van der Waals surface area (Å²) < 4.78 is 5.21. The van der Waals surface area contributed by atoms with Gasteiger partial charge in [-0.1, -0.05) is 23.7 Å². The third-order valence-corrected chi connectivity index (χ3v) is 3.66. The number of halogens is 1. The Hall–Kier alpha value is -1.79. The minimum Gasteiger partial charge on any atom is -0.480 e. The van der Waals surface area contributed by atoms with E-state index < -0.39 is 12.0 Å². The molecule has 1 aromatic rings. The number of hydrogen-bond donors (Lipinski definition) is 1. The lowest BCUT2D eigenvalue weighted by atomic mass is 10.2. The molecule has 1 saturated heterocycles. The maximum Gasteiger partial charge on any atom is 0.326 e. The molecular weight excluding hydrogens is 296 g/mol. The average molecular weight is 313 g/mol. The number of para-hydroxylation sites is 1. The lowest BCUT2D eigenvalue weighted by molar-refractivity contribution is -0.138. The lowest BCUT2D eigenvalue weighted by Crippen LogP contribution is -2.53. The molecule has 0 aromatic heterocycles. The summed E-state index contributed by atoms with van der Waals surface area (Å²) in [6.45, 7) is 3.23. The Labute approximate surface area is 127 Å². The molecule has 114 valence electrons. The van der Waals surface area contributed by atoms with Crippen molar-refractivity contribution in [3.8, 4) is 0 Å². The van der Waals surface area contributed by atoms with Gasteiger partial charge in [-0.25, -0.2) is 9.59 Å². The first-order valence-corrected chi connectivity index (χ1v) is 7.03. The average Bonchev–Trinajstić information content (AvgIpc) is 2.50. The zero-order chi connectivity index (χ0) is 15.4. The van der Waals surface area contributed by atoms with Gasteiger partial charge in [-0.2, -0.15) is 0 Å². The molecule has 2 amide bonds. The topological polar surface area (TPSA) is 70.1 Å². The van der Waals surface area contributed by atoms with Gasteiger partial charge in [0.25, 0.3) is 0 Å². The number of benzene rings is 1. The largest absolute Gasteiger partial charge is 0.480 e. The molecule has 21 heavy (non-hydrogen) atoms. The summed E-state index contributed by atoms with van der Waals surface area (Å²) in [5.41, 5.74) is 0.394. The Morgan fingerprint density at radius 3 is 2.52 bits per heavy atom. The lowest BCUT2D eigenvalue weighted by Gasteiger charge is -2.35. The van der Waals surface area contributed by atoms with E-state index in [4.69, 9.17) is 16.3 Å². The SMILES string of the molecule is C[C@@H](C(=O)O)N(C(=O)N1CCOCC1)c1ccccc1Cl. The highest BCUT2D eigenvalue weighted by molar-refractivity contribution is 6.33. The van der Waals surface area contributed by atoms with Crippen LogP contribution < -0.4 is 4.90 Å². The highest BCUT2D eigenvalue weighted by atomic mass is 35.5. The molecule has 0 saturated carbocycles. The highest BCUT2D eigenvalue weighted by Crippen LogP contribution is 2.28. The molecule has 1 N–H and O–H groups in total. The molecule has 1 aromatic carbocycles. The van der Waals surface area contributed by atoms with E-state index in [0.717, 1.165) is 0 Å². The van der Waals surface area contributed by atoms with E-state index in [1.165, 1.54) is 11.8 Å². The number of morpholine rings is 1. The number of rotatable bonds is 3. The van der Waals surface area contributed by atoms with Crippen molar-refractivity contribution < 1.29 is 19.4 Å². The van der Waals surface area contributed by atoms with Gasteiger partial charge in [-0.15, -0.1) is 0 Å². The van der Waals surface area contributed by atoms with E-state index in [1.54, 1.807) is 29.2 Å². The molecule has 1 heterocycles. The summed E-state index contributed by atoms with van der Waals surface area (Å²) in [6, 6.07) is 5.33. The fourth-order valence-corrected chi connectivity index (χ4v) is 2.37. The maximum absolute atomic E-state index is 12.7. The molecule has 1 fully saturated rings. The number of nitrogens with zero attached hydrogens (tertiary/aromatic N) is 2. The minimum absolute atomic E-state index is 0.340. The number of anilines is 1. The number of ether oxygens (including phenoxy) is 1. The van der Waals surface area contributed by atoms with Crippen molar-refractivity contribution in [3.05, 3.63) is 29.3 Å². The number of carboxylic acid groups (broad SMARTS) is 1. The Morgan fingerprint density at radius 1 is 1.33 bits per heavy atom. The third kappa shape index (κ3) is 3.46. The predicted molar refractivity (Wildman–Crippen MR) is 78.8 cm³/mol. The maximum atomic E-state index is 12.7. The van der Waals surface area contributed by atoms with Crippen LogP contribution in [0.1, 0.15) is 6.92 Å². The molecule has 0 radical (unpaired) electrons. The Morgan fingerprint density at radius 2 is 1.95 bits per heavy atom. The van der Waals surface area contributed by atoms with Gasteiger partial charge in [0, 0.05) is 13.1 Å². The molecule has 6 nitrogen and oxygen atoms in total. The summed E-state index contributed by atoms with van der Waals surface area (Å²) in [5.74, 6) is -1.09. The van der Waals surface area contributed by atoms with Crippen LogP contribution in [0.5, 0.6) is 0 Å². The normalized spacial score (nSPS) is 16.4. The van der Waals surface area contributed by atoms with Crippen LogP contribution in [-0.4, -0.2) is 54.4 Å². The van der Waals surface area contributed by atoms with Crippen molar-refractivity contribution in [3.63, 3.8) is 0 Å². The van der Waals surface area contributed by atoms with Crippen molar-refractivity contribution >= 4 is 29.3 Å². The van der Waals surface area contributed by atoms with Crippen LogP contribution in [0.4, 0.5) is 10.5 Å². The molecule has 1 atom stereocenters. The Balaban J connectivity index is 2.34. The van der Waals surface area contributed by atoms with Gasteiger partial charge in [0.05, 0.1) is 23.9 Å². The van der Waals surface area contributed by atoms with Crippen LogP contribution in [0.3, 0.4) is 0 Å². The zero-order valence-corrected chi connectivity index (χ0v) is 12.4. The first kappa shape index (κ1) is 15.6. The van der Waals surface area contributed by atoms with Gasteiger partial charge in [0.15, 0.2) is 0 Å². The quantitative estimate of drug-likeness (QED) is 0.927. The monoisotopic (exact) mass is 312 g/mol. The summed E-state index contributed by atoms with van der Waals surface area (Å²) in [4.78, 5) is 26.8. The van der Waals surface area contributed by atoms with Crippen LogP contribution in [0.25, 0.3) is 0 Å². The van der Waals surface area contributed by atoms with Gasteiger partial charge >= 0.3 is 12.0 Å². The van der Waals surface area contributed by atoms with Crippen LogP contribution in [0.2, 0.25) is 5.02 Å². The second-order valence-electron chi connectivity index (χ2n) is 4.72. The van der Waals surface area contributed by atoms with E-state index in [1.807, 2.05) is 0 Å². The molecule has 2 rings (SSSR count). The highest BCUT2D eigenvalue weighted by Gasteiger charge is 2.32. The van der Waals surface area contributed by atoms with Gasteiger partial charge in [0.2, 0.25) is 0 Å². The molecule has 7 heteroatoms. The Bertz CT molecular complexity index is 531. The number of carbonyl (C=O) groups excluding carboxylic acids is 1. The van der Waals surface area contributed by atoms with E-state index in [-0.39, 0.29) is 6.03 Å². The molecular formula is C14H17ClN2O4. The summed E-state index contributed by atoms with van der Waals surface area (Å²) in [6.07, 6.45) is 0. The van der Waals surface area contributed by atoms with Gasteiger partial charge in [-0.3, -0.25) is 4.90 Å². The summed E-state index contributed by atoms with van der Waals surface area (Å²) in [7, 11) is 0. The fourth-order valence-electron chi connectivity index (χ4n) is 2.14. The van der Waals surface area contributed by atoms with E-state index in [9.17, 15) is 14.7 Å². The smallest absolute Gasteiger partial charge is 0.326 e. The van der Waals surface area contributed by atoms with Gasteiger partial charge < -0.3 is 14.7 Å². The first-order valence-electron chi connectivity index (χ1n) is 6.65. The molecule has 1 aliphatic heterocycles. The molecule has 1 aliphatic rings. The fraction of sp³-hybridized carbons (Fsp3) is 0.429. The van der Waals surface area contributed by atoms with Crippen LogP contribution >= 0.6 is 11.6 Å². The number of carboxylic acids is 1. The standard InChI is InChI=1S/C14H17ClN2O4/c1-10(13(18)19)17(12-5-3-2-4-11(12)15)14(20)16-6-8-21-9-7-16/h2-5,10H,6-9H2,1H3,(H,18,19)/t10-/m0/s1. The van der Waals surface area contributed by atoms with Crippen LogP contribution in [0, 0.1) is 0 Å². The van der Waals surface area contributed by atoms with E-state index >= 15 is 0 Å². The number of urea groups is 1. The van der Waals surface area contributed by atoms with E-state index in [0.29, 0.717) is 37.0 Å². The predicted octanol–water partition coefficient (Wildman–Crippen LogP) is 2.07. The molecule has 0 aliphatic carbocycles. The number of carbonyl (C=O) groups is 2.